The zero-order chi connectivity index (χ0) is 16.6. The van der Waals surface area contributed by atoms with Crippen LogP contribution in [0.1, 0.15) is 5.69 Å². The first-order valence-corrected chi connectivity index (χ1v) is 7.78. The Kier molecular flexibility index (Phi) is 4.29. The molecule has 0 aliphatic carbocycles. The van der Waals surface area contributed by atoms with Crippen molar-refractivity contribution in [1.29, 1.82) is 0 Å². The first kappa shape index (κ1) is 16.2. The molecule has 0 fully saturated rings. The number of nitrogens with one attached hydrogen (secondary N) is 1. The fraction of sp³-hybridized carbons (Fsp3) is 0.333. The molecule has 4 nitrogen and oxygen atoms in total. The van der Waals surface area contributed by atoms with Gasteiger partial charge < -0.3 is 9.88 Å². The van der Waals surface area contributed by atoms with Gasteiger partial charge in [0.05, 0.1) is 23.5 Å². The summed E-state index contributed by atoms with van der Waals surface area (Å²) in [4.78, 5) is 8.66. The molecule has 0 saturated carbocycles. The second-order valence-corrected chi connectivity index (χ2v) is 6.11. The van der Waals surface area contributed by atoms with E-state index in [-0.39, 0.29) is 0 Å². The number of hydrogen-bond acceptors (Lipinski definition) is 3. The maximum atomic E-state index is 13.0. The van der Waals surface area contributed by atoms with Gasteiger partial charge in [0.1, 0.15) is 6.54 Å². The van der Waals surface area contributed by atoms with Gasteiger partial charge in [-0.2, -0.15) is 13.2 Å². The minimum absolute atomic E-state index is 0.350. The zero-order valence-electron chi connectivity index (χ0n) is 12.3. The molecule has 0 radical (unpaired) electrons. The first-order valence-electron chi connectivity index (χ1n) is 6.99. The molecule has 1 aliphatic rings. The van der Waals surface area contributed by atoms with Crippen molar-refractivity contribution in [3.8, 4) is 0 Å². The van der Waals surface area contributed by atoms with Gasteiger partial charge in [-0.05, 0) is 25.2 Å². The van der Waals surface area contributed by atoms with Crippen molar-refractivity contribution in [2.24, 2.45) is 9.98 Å². The molecule has 0 bridgehead atoms. The normalized spacial score (nSPS) is 15.2. The van der Waals surface area contributed by atoms with Crippen LogP contribution in [0.5, 0.6) is 0 Å². The van der Waals surface area contributed by atoms with E-state index in [1.807, 2.05) is 0 Å². The third-order valence-electron chi connectivity index (χ3n) is 3.52. The molecule has 0 amide bonds. The molecule has 1 aromatic carbocycles. The first-order chi connectivity index (χ1) is 10.9. The quantitative estimate of drug-likeness (QED) is 0.859. The van der Waals surface area contributed by atoms with Gasteiger partial charge in [0, 0.05) is 16.4 Å². The highest BCUT2D eigenvalue weighted by atomic mass is 79.9. The van der Waals surface area contributed by atoms with E-state index in [0.717, 1.165) is 10.2 Å². The van der Waals surface area contributed by atoms with Crippen molar-refractivity contribution in [1.82, 2.24) is 9.88 Å². The monoisotopic (exact) mass is 386 g/mol. The van der Waals surface area contributed by atoms with E-state index in [4.69, 9.17) is 0 Å². The summed E-state index contributed by atoms with van der Waals surface area (Å²) in [5, 5.41) is 3.69. The summed E-state index contributed by atoms with van der Waals surface area (Å²) in [5.74, 6) is 0.350. The summed E-state index contributed by atoms with van der Waals surface area (Å²) in [6.07, 6.45) is -4.32. The molecule has 2 aromatic rings. The van der Waals surface area contributed by atoms with E-state index in [1.165, 1.54) is 4.57 Å². The number of nitrogens with zero attached hydrogens (tertiary/aromatic N) is 3. The predicted octanol–water partition coefficient (Wildman–Crippen LogP) is 3.39. The number of aromatic nitrogens is 1. The second-order valence-electron chi connectivity index (χ2n) is 5.25. The van der Waals surface area contributed by atoms with Gasteiger partial charge in [0.2, 0.25) is 0 Å². The van der Waals surface area contributed by atoms with Gasteiger partial charge in [0.25, 0.3) is 0 Å². The molecule has 8 heteroatoms. The Morgan fingerprint density at radius 1 is 1.35 bits per heavy atom. The minimum Gasteiger partial charge on any atom is -0.329 e. The lowest BCUT2D eigenvalue weighted by Crippen LogP contribution is -2.21. The predicted molar refractivity (Wildman–Crippen MR) is 88.5 cm³/mol. The van der Waals surface area contributed by atoms with Gasteiger partial charge in [0.15, 0.2) is 5.84 Å². The highest BCUT2D eigenvalue weighted by Crippen LogP contribution is 2.31. The fourth-order valence-corrected chi connectivity index (χ4v) is 3.08. The Balaban J connectivity index is 2.13. The Hall–Kier alpha value is -1.67. The van der Waals surface area contributed by atoms with E-state index in [0.29, 0.717) is 35.5 Å². The summed E-state index contributed by atoms with van der Waals surface area (Å²) in [5.41, 5.74) is 1.70. The Morgan fingerprint density at radius 2 is 2.13 bits per heavy atom. The zero-order valence-corrected chi connectivity index (χ0v) is 13.9. The van der Waals surface area contributed by atoms with Crippen molar-refractivity contribution < 1.29 is 13.2 Å². The van der Waals surface area contributed by atoms with E-state index >= 15 is 0 Å². The number of benzene rings is 1. The van der Waals surface area contributed by atoms with Crippen LogP contribution in [0, 0.1) is 0 Å². The second kappa shape index (κ2) is 6.09. The minimum atomic E-state index is -4.32. The Morgan fingerprint density at radius 3 is 2.83 bits per heavy atom. The van der Waals surface area contributed by atoms with Crippen LogP contribution in [0.3, 0.4) is 0 Å². The summed E-state index contributed by atoms with van der Waals surface area (Å²) in [6, 6.07) is 6.89. The molecule has 1 N–H and O–H groups in total. The van der Waals surface area contributed by atoms with Gasteiger partial charge in [-0.15, -0.1) is 0 Å². The molecular formula is C15H14BrF3N4. The van der Waals surface area contributed by atoms with Crippen LogP contribution >= 0.6 is 15.9 Å². The summed E-state index contributed by atoms with van der Waals surface area (Å²) in [7, 11) is 1.79. The average molecular weight is 387 g/mol. The van der Waals surface area contributed by atoms with E-state index in [2.05, 4.69) is 31.2 Å². The van der Waals surface area contributed by atoms with Crippen molar-refractivity contribution >= 4 is 38.4 Å². The maximum Gasteiger partial charge on any atom is 0.406 e. The molecule has 2 heterocycles. The lowest BCUT2D eigenvalue weighted by atomic mass is 10.2. The average Bonchev–Trinajstić information content (AvgIpc) is 3.04. The topological polar surface area (TPSA) is 41.7 Å². The van der Waals surface area contributed by atoms with E-state index < -0.39 is 12.7 Å². The van der Waals surface area contributed by atoms with E-state index in [1.54, 1.807) is 31.3 Å². The van der Waals surface area contributed by atoms with Crippen LogP contribution < -0.4 is 5.32 Å². The molecule has 0 spiro atoms. The Bertz CT molecular complexity index is 805. The van der Waals surface area contributed by atoms with Gasteiger partial charge in [-0.25, -0.2) is 4.99 Å². The number of amidine groups is 1. The lowest BCUT2D eigenvalue weighted by Gasteiger charge is -2.12. The number of fused-ring (bicyclic) bond motifs is 1. The van der Waals surface area contributed by atoms with Crippen molar-refractivity contribution in [3.63, 3.8) is 0 Å². The third-order valence-corrected chi connectivity index (χ3v) is 4.21. The molecule has 0 unspecified atom stereocenters. The highest BCUT2D eigenvalue weighted by Gasteiger charge is 2.31. The molecule has 1 aliphatic heterocycles. The largest absolute Gasteiger partial charge is 0.406 e. The molecule has 23 heavy (non-hydrogen) atoms. The number of hydrogen-bond donors (Lipinski definition) is 1. The number of rotatable bonds is 4. The molecule has 122 valence electrons. The number of halogens is 4. The van der Waals surface area contributed by atoms with Gasteiger partial charge in [-0.3, -0.25) is 4.99 Å². The number of alkyl halides is 3. The standard InChI is InChI=1S/C15H14BrF3N4/c1-20-6-9-7-21-14(22-9)13-5-10-11(16)3-2-4-12(10)23(13)8-15(17,18)19/h2-5,20H,6-8H2,1H3. The smallest absolute Gasteiger partial charge is 0.329 e. The number of aliphatic imine (C=N–C) groups is 2. The molecule has 0 saturated heterocycles. The van der Waals surface area contributed by atoms with Crippen LogP contribution in [0.2, 0.25) is 0 Å². The van der Waals surface area contributed by atoms with Gasteiger partial charge >= 0.3 is 6.18 Å². The third kappa shape index (κ3) is 3.32. The fourth-order valence-electron chi connectivity index (χ4n) is 2.61. The highest BCUT2D eigenvalue weighted by molar-refractivity contribution is 9.10. The van der Waals surface area contributed by atoms with Crippen LogP contribution in [-0.4, -0.2) is 42.4 Å². The lowest BCUT2D eigenvalue weighted by molar-refractivity contribution is -0.139. The van der Waals surface area contributed by atoms with Crippen LogP contribution in [0.25, 0.3) is 10.9 Å². The molecule has 3 rings (SSSR count). The van der Waals surface area contributed by atoms with Gasteiger partial charge in [-0.1, -0.05) is 22.0 Å². The Labute approximate surface area is 139 Å². The maximum absolute atomic E-state index is 13.0. The molecule has 1 aromatic heterocycles. The molecule has 0 atom stereocenters. The molecular weight excluding hydrogens is 373 g/mol. The summed E-state index contributed by atoms with van der Waals surface area (Å²) in [6.45, 7) is -0.0979. The SMILES string of the molecule is CNCC1=NC(c2cc3c(Br)cccc3n2CC(F)(F)F)=NC1. The van der Waals surface area contributed by atoms with Crippen molar-refractivity contribution in [2.45, 2.75) is 12.7 Å². The van der Waals surface area contributed by atoms with Crippen molar-refractivity contribution in [3.05, 3.63) is 34.4 Å². The van der Waals surface area contributed by atoms with Crippen LogP contribution in [0.15, 0.2) is 38.7 Å². The van der Waals surface area contributed by atoms with Crippen LogP contribution in [0.4, 0.5) is 13.2 Å². The van der Waals surface area contributed by atoms with E-state index in [9.17, 15) is 13.2 Å². The van der Waals surface area contributed by atoms with Crippen LogP contribution in [-0.2, 0) is 6.54 Å². The summed E-state index contributed by atoms with van der Waals surface area (Å²) >= 11 is 3.39. The van der Waals surface area contributed by atoms with Crippen molar-refractivity contribution in [2.75, 3.05) is 20.1 Å². The summed E-state index contributed by atoms with van der Waals surface area (Å²) < 4.78 is 41.0.